The van der Waals surface area contributed by atoms with E-state index < -0.39 is 11.1 Å². The average molecular weight is 446 g/mol. The van der Waals surface area contributed by atoms with Gasteiger partial charge in [-0.1, -0.05) is 17.7 Å². The Morgan fingerprint density at radius 2 is 2.14 bits per heavy atom. The minimum Gasteiger partial charge on any atom is -0.361 e. The SMILES string of the molecule is O=C(CN1C(=O)SC(=Cc2cccs2)C1=O)NCCc1c[nH]c2ccc(Cl)cc12. The molecule has 0 bridgehead atoms. The highest BCUT2D eigenvalue weighted by Gasteiger charge is 2.36. The second kappa shape index (κ2) is 8.44. The molecular formula is C20H16ClN3O3S2. The van der Waals surface area contributed by atoms with Crippen molar-refractivity contribution in [1.29, 1.82) is 0 Å². The summed E-state index contributed by atoms with van der Waals surface area (Å²) in [7, 11) is 0. The van der Waals surface area contributed by atoms with E-state index in [9.17, 15) is 14.4 Å². The van der Waals surface area contributed by atoms with Gasteiger partial charge < -0.3 is 10.3 Å². The number of carbonyl (C=O) groups excluding carboxylic acids is 3. The van der Waals surface area contributed by atoms with Gasteiger partial charge >= 0.3 is 0 Å². The molecule has 0 unspecified atom stereocenters. The molecule has 1 aromatic carbocycles. The van der Waals surface area contributed by atoms with Crippen LogP contribution in [0.2, 0.25) is 5.02 Å². The predicted octanol–water partition coefficient (Wildman–Crippen LogP) is 4.28. The van der Waals surface area contributed by atoms with E-state index in [1.54, 1.807) is 6.08 Å². The van der Waals surface area contributed by atoms with E-state index in [1.165, 1.54) is 11.3 Å². The van der Waals surface area contributed by atoms with Crippen molar-refractivity contribution >= 4 is 68.7 Å². The molecule has 1 aliphatic rings. The highest BCUT2D eigenvalue weighted by atomic mass is 35.5. The average Bonchev–Trinajstić information content (AvgIpc) is 3.40. The number of imide groups is 1. The van der Waals surface area contributed by atoms with Crippen LogP contribution in [0.25, 0.3) is 17.0 Å². The molecule has 2 aromatic heterocycles. The van der Waals surface area contributed by atoms with Crippen LogP contribution in [0, 0.1) is 0 Å². The van der Waals surface area contributed by atoms with Gasteiger partial charge in [0, 0.05) is 33.5 Å². The van der Waals surface area contributed by atoms with Crippen molar-refractivity contribution in [2.24, 2.45) is 0 Å². The molecule has 3 amide bonds. The fourth-order valence-corrected chi connectivity index (χ4v) is 4.77. The molecule has 0 spiro atoms. The third-order valence-electron chi connectivity index (χ3n) is 4.44. The molecule has 3 aromatic rings. The number of nitrogens with zero attached hydrogens (tertiary/aromatic N) is 1. The van der Waals surface area contributed by atoms with Gasteiger partial charge in [0.25, 0.3) is 11.1 Å². The summed E-state index contributed by atoms with van der Waals surface area (Å²) in [5.41, 5.74) is 2.01. The molecule has 0 aliphatic carbocycles. The molecule has 1 saturated heterocycles. The molecular weight excluding hydrogens is 430 g/mol. The van der Waals surface area contributed by atoms with Gasteiger partial charge in [0.15, 0.2) is 0 Å². The lowest BCUT2D eigenvalue weighted by molar-refractivity contribution is -0.129. The largest absolute Gasteiger partial charge is 0.361 e. The van der Waals surface area contributed by atoms with Crippen molar-refractivity contribution in [3.8, 4) is 0 Å². The molecule has 1 aliphatic heterocycles. The second-order valence-corrected chi connectivity index (χ2v) is 8.80. The first-order valence-electron chi connectivity index (χ1n) is 8.82. The number of aromatic amines is 1. The highest BCUT2D eigenvalue weighted by Crippen LogP contribution is 2.32. The van der Waals surface area contributed by atoms with E-state index >= 15 is 0 Å². The van der Waals surface area contributed by atoms with E-state index in [1.807, 2.05) is 41.9 Å². The Morgan fingerprint density at radius 1 is 1.28 bits per heavy atom. The number of hydrogen-bond acceptors (Lipinski definition) is 5. The fraction of sp³-hybridized carbons (Fsp3) is 0.150. The zero-order valence-electron chi connectivity index (χ0n) is 15.1. The Kier molecular flexibility index (Phi) is 5.75. The van der Waals surface area contributed by atoms with Crippen LogP contribution in [0.5, 0.6) is 0 Å². The van der Waals surface area contributed by atoms with Crippen molar-refractivity contribution in [3.05, 3.63) is 62.3 Å². The third-order valence-corrected chi connectivity index (χ3v) is 6.40. The fourth-order valence-electron chi connectivity index (χ4n) is 3.03. The standard InChI is InChI=1S/C20H16ClN3O3S2/c21-13-3-4-16-15(8-13)12(10-23-16)5-6-22-18(25)11-24-19(26)17(29-20(24)27)9-14-2-1-7-28-14/h1-4,7-10,23H,5-6,11H2,(H,22,25). The number of H-pyrrole nitrogens is 1. The molecule has 2 N–H and O–H groups in total. The van der Waals surface area contributed by atoms with Gasteiger partial charge in [-0.3, -0.25) is 19.3 Å². The summed E-state index contributed by atoms with van der Waals surface area (Å²) < 4.78 is 0. The molecule has 3 heterocycles. The van der Waals surface area contributed by atoms with E-state index in [-0.39, 0.29) is 12.5 Å². The minimum atomic E-state index is -0.435. The summed E-state index contributed by atoms with van der Waals surface area (Å²) >= 11 is 8.38. The van der Waals surface area contributed by atoms with Crippen LogP contribution in [0.4, 0.5) is 4.79 Å². The molecule has 0 atom stereocenters. The highest BCUT2D eigenvalue weighted by molar-refractivity contribution is 8.18. The van der Waals surface area contributed by atoms with Gasteiger partial charge in [-0.05, 0) is 59.5 Å². The number of rotatable bonds is 6. The van der Waals surface area contributed by atoms with Gasteiger partial charge in [0.2, 0.25) is 5.91 Å². The van der Waals surface area contributed by atoms with Crippen molar-refractivity contribution in [2.45, 2.75) is 6.42 Å². The van der Waals surface area contributed by atoms with E-state index in [0.717, 1.165) is 38.0 Å². The molecule has 29 heavy (non-hydrogen) atoms. The van der Waals surface area contributed by atoms with Crippen LogP contribution in [-0.2, 0) is 16.0 Å². The topological polar surface area (TPSA) is 82.3 Å². The Morgan fingerprint density at radius 3 is 2.93 bits per heavy atom. The molecule has 148 valence electrons. The van der Waals surface area contributed by atoms with E-state index in [2.05, 4.69) is 10.3 Å². The molecule has 6 nitrogen and oxygen atoms in total. The first-order valence-corrected chi connectivity index (χ1v) is 10.9. The van der Waals surface area contributed by atoms with Crippen LogP contribution < -0.4 is 5.32 Å². The number of carbonyl (C=O) groups is 3. The van der Waals surface area contributed by atoms with Crippen molar-refractivity contribution in [3.63, 3.8) is 0 Å². The van der Waals surface area contributed by atoms with Crippen LogP contribution in [0.3, 0.4) is 0 Å². The zero-order chi connectivity index (χ0) is 20.4. The lowest BCUT2D eigenvalue weighted by Gasteiger charge is -2.12. The van der Waals surface area contributed by atoms with E-state index in [4.69, 9.17) is 11.6 Å². The summed E-state index contributed by atoms with van der Waals surface area (Å²) in [6.07, 6.45) is 4.17. The third kappa shape index (κ3) is 4.39. The number of aromatic nitrogens is 1. The molecule has 0 saturated carbocycles. The number of thiophene rings is 1. The summed E-state index contributed by atoms with van der Waals surface area (Å²) in [5.74, 6) is -0.808. The monoisotopic (exact) mass is 445 g/mol. The summed E-state index contributed by atoms with van der Waals surface area (Å²) in [6, 6.07) is 9.34. The van der Waals surface area contributed by atoms with Crippen molar-refractivity contribution < 1.29 is 14.4 Å². The number of fused-ring (bicyclic) bond motifs is 1. The number of nitrogens with one attached hydrogen (secondary N) is 2. The van der Waals surface area contributed by atoms with Crippen molar-refractivity contribution in [1.82, 2.24) is 15.2 Å². The first kappa shape index (κ1) is 19.8. The van der Waals surface area contributed by atoms with Gasteiger partial charge in [0.1, 0.15) is 6.54 Å². The Balaban J connectivity index is 1.33. The predicted molar refractivity (Wildman–Crippen MR) is 117 cm³/mol. The van der Waals surface area contributed by atoms with Crippen LogP contribution >= 0.6 is 34.7 Å². The molecule has 1 fully saturated rings. The van der Waals surface area contributed by atoms with Crippen LogP contribution in [-0.4, -0.2) is 40.0 Å². The lowest BCUT2D eigenvalue weighted by Crippen LogP contribution is -2.40. The maximum Gasteiger partial charge on any atom is 0.294 e. The maximum atomic E-state index is 12.4. The molecule has 0 radical (unpaired) electrons. The molecule has 4 rings (SSSR count). The van der Waals surface area contributed by atoms with Crippen LogP contribution in [0.1, 0.15) is 10.4 Å². The smallest absolute Gasteiger partial charge is 0.294 e. The van der Waals surface area contributed by atoms with Gasteiger partial charge in [-0.2, -0.15) is 0 Å². The Bertz CT molecular complexity index is 1120. The summed E-state index contributed by atoms with van der Waals surface area (Å²) in [4.78, 5) is 42.2. The first-order chi connectivity index (χ1) is 14.0. The second-order valence-electron chi connectivity index (χ2n) is 6.39. The lowest BCUT2D eigenvalue weighted by atomic mass is 10.1. The number of benzene rings is 1. The van der Waals surface area contributed by atoms with Gasteiger partial charge in [-0.25, -0.2) is 0 Å². The van der Waals surface area contributed by atoms with E-state index in [0.29, 0.717) is 22.9 Å². The molecule has 9 heteroatoms. The number of hydrogen-bond donors (Lipinski definition) is 2. The number of halogens is 1. The Hall–Kier alpha value is -2.55. The quantitative estimate of drug-likeness (QED) is 0.555. The van der Waals surface area contributed by atoms with Gasteiger partial charge in [0.05, 0.1) is 4.91 Å². The minimum absolute atomic E-state index is 0.286. The number of amides is 3. The van der Waals surface area contributed by atoms with Crippen molar-refractivity contribution in [2.75, 3.05) is 13.1 Å². The maximum absolute atomic E-state index is 12.4. The summed E-state index contributed by atoms with van der Waals surface area (Å²) in [6.45, 7) is 0.103. The normalized spacial score (nSPS) is 15.6. The summed E-state index contributed by atoms with van der Waals surface area (Å²) in [5, 5.41) is 5.89. The van der Waals surface area contributed by atoms with Crippen LogP contribution in [0.15, 0.2) is 46.8 Å². The zero-order valence-corrected chi connectivity index (χ0v) is 17.5. The van der Waals surface area contributed by atoms with Gasteiger partial charge in [-0.15, -0.1) is 11.3 Å². The number of thioether (sulfide) groups is 1. The Labute approximate surface area is 179 Å².